The number of nitrogens with zero attached hydrogens (tertiary/aromatic N) is 1. The van der Waals surface area contributed by atoms with Crippen molar-refractivity contribution in [3.63, 3.8) is 0 Å². The van der Waals surface area contributed by atoms with Crippen LogP contribution in [0.15, 0.2) is 22.7 Å². The fourth-order valence-electron chi connectivity index (χ4n) is 2.79. The maximum absolute atomic E-state index is 13.4. The summed E-state index contributed by atoms with van der Waals surface area (Å²) in [7, 11) is 3.97. The van der Waals surface area contributed by atoms with Crippen LogP contribution in [0.5, 0.6) is 0 Å². The second-order valence-corrected chi connectivity index (χ2v) is 6.12. The minimum absolute atomic E-state index is 0.265. The fourth-order valence-corrected chi connectivity index (χ4v) is 3.31. The zero-order chi connectivity index (χ0) is 14.6. The van der Waals surface area contributed by atoms with E-state index in [0.29, 0.717) is 10.9 Å². The summed E-state index contributed by atoms with van der Waals surface area (Å²) in [6.45, 7) is 4.16. The minimum Gasteiger partial charge on any atom is -0.391 e. The summed E-state index contributed by atoms with van der Waals surface area (Å²) in [5.74, 6) is -0.278. The Morgan fingerprint density at radius 1 is 1.26 bits per heavy atom. The van der Waals surface area contributed by atoms with Gasteiger partial charge < -0.3 is 10.0 Å². The van der Waals surface area contributed by atoms with Gasteiger partial charge in [0.2, 0.25) is 0 Å². The number of rotatable bonds is 6. The van der Waals surface area contributed by atoms with Crippen molar-refractivity contribution in [1.29, 1.82) is 0 Å². The highest BCUT2D eigenvalue weighted by Crippen LogP contribution is 2.28. The Hall–Kier alpha value is -0.450. The lowest BCUT2D eigenvalue weighted by Gasteiger charge is -2.42. The van der Waals surface area contributed by atoms with Crippen LogP contribution in [0, 0.1) is 5.82 Å². The molecule has 0 aliphatic rings. The Morgan fingerprint density at radius 2 is 1.84 bits per heavy atom. The third-order valence-corrected chi connectivity index (χ3v) is 4.54. The molecule has 1 N–H and O–H groups in total. The molecular formula is C15H23BrFNO. The van der Waals surface area contributed by atoms with Gasteiger partial charge in [0.05, 0.1) is 6.10 Å². The molecule has 1 aromatic rings. The lowest BCUT2D eigenvalue weighted by atomic mass is 9.82. The first kappa shape index (κ1) is 16.6. The van der Waals surface area contributed by atoms with Crippen molar-refractivity contribution < 1.29 is 9.50 Å². The molecular weight excluding hydrogens is 309 g/mol. The van der Waals surface area contributed by atoms with Crippen LogP contribution in [0.25, 0.3) is 0 Å². The molecule has 0 fully saturated rings. The largest absolute Gasteiger partial charge is 0.391 e. The second kappa shape index (κ2) is 6.82. The molecule has 0 saturated heterocycles. The lowest BCUT2D eigenvalue weighted by molar-refractivity contribution is -0.0126. The third-order valence-electron chi connectivity index (χ3n) is 4.09. The highest BCUT2D eigenvalue weighted by molar-refractivity contribution is 9.10. The Morgan fingerprint density at radius 3 is 2.26 bits per heavy atom. The van der Waals surface area contributed by atoms with E-state index in [9.17, 15) is 9.50 Å². The number of likely N-dealkylation sites (N-methyl/N-ethyl adjacent to an activating group) is 1. The van der Waals surface area contributed by atoms with Crippen LogP contribution in [0.2, 0.25) is 0 Å². The zero-order valence-electron chi connectivity index (χ0n) is 12.1. The molecule has 0 saturated carbocycles. The molecule has 2 nitrogen and oxygen atoms in total. The highest BCUT2D eigenvalue weighted by Gasteiger charge is 2.36. The first-order valence-corrected chi connectivity index (χ1v) is 7.45. The van der Waals surface area contributed by atoms with E-state index < -0.39 is 6.10 Å². The molecule has 108 valence electrons. The Kier molecular flexibility index (Phi) is 5.96. The van der Waals surface area contributed by atoms with E-state index in [2.05, 4.69) is 34.7 Å². The van der Waals surface area contributed by atoms with E-state index in [1.54, 1.807) is 0 Å². The Balaban J connectivity index is 2.96. The molecule has 0 spiro atoms. The minimum atomic E-state index is -0.522. The van der Waals surface area contributed by atoms with Crippen molar-refractivity contribution in [2.24, 2.45) is 0 Å². The van der Waals surface area contributed by atoms with E-state index in [0.717, 1.165) is 18.4 Å². The average molecular weight is 332 g/mol. The van der Waals surface area contributed by atoms with Gasteiger partial charge in [0, 0.05) is 16.4 Å². The number of halogens is 2. The first-order valence-electron chi connectivity index (χ1n) is 6.66. The van der Waals surface area contributed by atoms with Crippen LogP contribution in [0.1, 0.15) is 32.3 Å². The van der Waals surface area contributed by atoms with Crippen molar-refractivity contribution in [2.45, 2.75) is 44.8 Å². The Bertz CT molecular complexity index is 398. The van der Waals surface area contributed by atoms with Crippen molar-refractivity contribution in [3.8, 4) is 0 Å². The standard InChI is InChI=1S/C15H23BrFNO/c1-5-15(6-2,18(3)4)14(19)9-11-7-12(16)10-13(17)8-11/h7-8,10,14,19H,5-6,9H2,1-4H3. The molecule has 0 radical (unpaired) electrons. The second-order valence-electron chi connectivity index (χ2n) is 5.20. The number of hydrogen-bond acceptors (Lipinski definition) is 2. The molecule has 0 heterocycles. The van der Waals surface area contributed by atoms with Gasteiger partial charge in [-0.3, -0.25) is 0 Å². The molecule has 1 aromatic carbocycles. The van der Waals surface area contributed by atoms with Gasteiger partial charge in [0.15, 0.2) is 0 Å². The quantitative estimate of drug-likeness (QED) is 0.860. The number of aliphatic hydroxyl groups excluding tert-OH is 1. The molecule has 4 heteroatoms. The van der Waals surface area contributed by atoms with Gasteiger partial charge in [-0.15, -0.1) is 0 Å². The van der Waals surface area contributed by atoms with Crippen LogP contribution in [-0.4, -0.2) is 35.7 Å². The number of benzene rings is 1. The fraction of sp³-hybridized carbons (Fsp3) is 0.600. The van der Waals surface area contributed by atoms with Gasteiger partial charge in [-0.25, -0.2) is 4.39 Å². The molecule has 0 bridgehead atoms. The van der Waals surface area contributed by atoms with Crippen LogP contribution in [-0.2, 0) is 6.42 Å². The molecule has 0 aliphatic carbocycles. The molecule has 1 unspecified atom stereocenters. The van der Waals surface area contributed by atoms with Crippen molar-refractivity contribution >= 4 is 15.9 Å². The normalized spacial score (nSPS) is 13.9. The predicted molar refractivity (Wildman–Crippen MR) is 80.8 cm³/mol. The van der Waals surface area contributed by atoms with E-state index in [1.165, 1.54) is 12.1 Å². The van der Waals surface area contributed by atoms with Crippen LogP contribution < -0.4 is 0 Å². The lowest BCUT2D eigenvalue weighted by Crippen LogP contribution is -2.53. The van der Waals surface area contributed by atoms with Gasteiger partial charge >= 0.3 is 0 Å². The third kappa shape index (κ3) is 3.77. The maximum Gasteiger partial charge on any atom is 0.124 e. The van der Waals surface area contributed by atoms with Gasteiger partial charge in [-0.2, -0.15) is 0 Å². The van der Waals surface area contributed by atoms with E-state index in [1.807, 2.05) is 20.2 Å². The van der Waals surface area contributed by atoms with Gasteiger partial charge in [-0.1, -0.05) is 29.8 Å². The van der Waals surface area contributed by atoms with Crippen LogP contribution in [0.4, 0.5) is 4.39 Å². The zero-order valence-corrected chi connectivity index (χ0v) is 13.7. The highest BCUT2D eigenvalue weighted by atomic mass is 79.9. The molecule has 19 heavy (non-hydrogen) atoms. The monoisotopic (exact) mass is 331 g/mol. The van der Waals surface area contributed by atoms with E-state index >= 15 is 0 Å². The van der Waals surface area contributed by atoms with Crippen molar-refractivity contribution in [1.82, 2.24) is 4.90 Å². The van der Waals surface area contributed by atoms with Gasteiger partial charge in [0.25, 0.3) is 0 Å². The summed E-state index contributed by atoms with van der Waals surface area (Å²) in [4.78, 5) is 2.08. The molecule has 0 aliphatic heterocycles. The number of hydrogen-bond donors (Lipinski definition) is 1. The summed E-state index contributed by atoms with van der Waals surface area (Å²) in [6, 6.07) is 4.77. The van der Waals surface area contributed by atoms with Gasteiger partial charge in [0.1, 0.15) is 5.82 Å². The molecule has 1 atom stereocenters. The summed E-state index contributed by atoms with van der Waals surface area (Å²) < 4.78 is 14.1. The molecule has 0 amide bonds. The van der Waals surface area contributed by atoms with Crippen LogP contribution in [0.3, 0.4) is 0 Å². The van der Waals surface area contributed by atoms with Gasteiger partial charge in [-0.05, 0) is 50.7 Å². The SMILES string of the molecule is CCC(CC)(C(O)Cc1cc(F)cc(Br)c1)N(C)C. The van der Waals surface area contributed by atoms with Crippen molar-refractivity contribution in [3.05, 3.63) is 34.1 Å². The predicted octanol–water partition coefficient (Wildman–Crippen LogP) is 3.61. The topological polar surface area (TPSA) is 23.5 Å². The maximum atomic E-state index is 13.4. The first-order chi connectivity index (χ1) is 8.85. The van der Waals surface area contributed by atoms with Crippen LogP contribution >= 0.6 is 15.9 Å². The summed E-state index contributed by atoms with van der Waals surface area (Å²) in [5, 5.41) is 10.6. The van der Waals surface area contributed by atoms with Crippen molar-refractivity contribution in [2.75, 3.05) is 14.1 Å². The summed E-state index contributed by atoms with van der Waals surface area (Å²) in [6.07, 6.45) is 1.64. The Labute approximate surface area is 123 Å². The molecule has 0 aromatic heterocycles. The number of aliphatic hydroxyl groups is 1. The van der Waals surface area contributed by atoms with E-state index in [4.69, 9.17) is 0 Å². The smallest absolute Gasteiger partial charge is 0.124 e. The van der Waals surface area contributed by atoms with E-state index in [-0.39, 0.29) is 11.4 Å². The summed E-state index contributed by atoms with van der Waals surface area (Å²) >= 11 is 3.28. The average Bonchev–Trinajstić information content (AvgIpc) is 2.29. The molecule has 1 rings (SSSR count). The summed E-state index contributed by atoms with van der Waals surface area (Å²) in [5.41, 5.74) is 0.547.